The molecule has 0 amide bonds. The lowest BCUT2D eigenvalue weighted by Gasteiger charge is -2.47. The number of hydrogen-bond donors (Lipinski definition) is 1. The second kappa shape index (κ2) is 7.77. The van der Waals surface area contributed by atoms with Crippen LogP contribution in [0.5, 0.6) is 0 Å². The molecule has 2 fully saturated rings. The van der Waals surface area contributed by atoms with Crippen LogP contribution in [0.15, 0.2) is 0 Å². The molecule has 0 aromatic carbocycles. The zero-order chi connectivity index (χ0) is 14.4. The zero-order valence-corrected chi connectivity index (χ0v) is 13.7. The summed E-state index contributed by atoms with van der Waals surface area (Å²) in [4.78, 5) is 5.34. The average molecular weight is 281 g/mol. The highest BCUT2D eigenvalue weighted by Crippen LogP contribution is 2.36. The fourth-order valence-electron chi connectivity index (χ4n) is 4.46. The highest BCUT2D eigenvalue weighted by atomic mass is 15.2. The summed E-state index contributed by atoms with van der Waals surface area (Å²) in [6.07, 6.45) is 9.49. The lowest BCUT2D eigenvalue weighted by Crippen LogP contribution is -2.56. The van der Waals surface area contributed by atoms with E-state index in [1.807, 2.05) is 0 Å². The molecule has 0 aromatic heterocycles. The first-order valence-corrected chi connectivity index (χ1v) is 8.87. The highest BCUT2D eigenvalue weighted by Gasteiger charge is 2.38. The third-order valence-corrected chi connectivity index (χ3v) is 5.60. The molecule has 1 aliphatic carbocycles. The number of hydrogen-bond acceptors (Lipinski definition) is 3. The Morgan fingerprint density at radius 3 is 2.60 bits per heavy atom. The van der Waals surface area contributed by atoms with Crippen LogP contribution in [0.4, 0.5) is 0 Å². The molecule has 2 atom stereocenters. The Balaban J connectivity index is 1.84. The zero-order valence-electron chi connectivity index (χ0n) is 13.7. The summed E-state index contributed by atoms with van der Waals surface area (Å²) in [5.74, 6) is 0.847. The van der Waals surface area contributed by atoms with Gasteiger partial charge in [-0.3, -0.25) is 4.90 Å². The van der Waals surface area contributed by atoms with Crippen molar-refractivity contribution in [3.8, 4) is 0 Å². The summed E-state index contributed by atoms with van der Waals surface area (Å²) in [7, 11) is 0. The van der Waals surface area contributed by atoms with E-state index in [2.05, 4.69) is 23.6 Å². The summed E-state index contributed by atoms with van der Waals surface area (Å²) in [5.41, 5.74) is 6.52. The SMILES string of the molecule is CCN(CCCN1CCCC1)C1(CN)CCCC(C)C1. The van der Waals surface area contributed by atoms with Gasteiger partial charge in [0.05, 0.1) is 0 Å². The van der Waals surface area contributed by atoms with Crippen molar-refractivity contribution in [3.05, 3.63) is 0 Å². The molecule has 3 nitrogen and oxygen atoms in total. The number of nitrogens with zero attached hydrogens (tertiary/aromatic N) is 2. The van der Waals surface area contributed by atoms with Crippen LogP contribution in [-0.4, -0.2) is 54.6 Å². The molecule has 1 saturated carbocycles. The minimum absolute atomic E-state index is 0.303. The molecule has 1 aliphatic heterocycles. The summed E-state index contributed by atoms with van der Waals surface area (Å²) < 4.78 is 0. The Labute approximate surface area is 125 Å². The van der Waals surface area contributed by atoms with E-state index in [4.69, 9.17) is 5.73 Å². The molecule has 118 valence electrons. The molecule has 0 spiro atoms. The predicted octanol–water partition coefficient (Wildman–Crippen LogP) is 2.70. The molecule has 2 N–H and O–H groups in total. The molecular weight excluding hydrogens is 246 g/mol. The second-order valence-corrected chi connectivity index (χ2v) is 7.11. The largest absolute Gasteiger partial charge is 0.329 e. The van der Waals surface area contributed by atoms with E-state index in [0.29, 0.717) is 5.54 Å². The van der Waals surface area contributed by atoms with Gasteiger partial charge in [-0.1, -0.05) is 26.7 Å². The Bertz CT molecular complexity index is 275. The molecular formula is C17H35N3. The van der Waals surface area contributed by atoms with E-state index < -0.39 is 0 Å². The van der Waals surface area contributed by atoms with Crippen LogP contribution >= 0.6 is 0 Å². The minimum atomic E-state index is 0.303. The Morgan fingerprint density at radius 2 is 2.00 bits per heavy atom. The van der Waals surface area contributed by atoms with Gasteiger partial charge >= 0.3 is 0 Å². The highest BCUT2D eigenvalue weighted by molar-refractivity contribution is 4.95. The maximum Gasteiger partial charge on any atom is 0.0334 e. The molecule has 2 unspecified atom stereocenters. The van der Waals surface area contributed by atoms with E-state index in [1.165, 1.54) is 71.1 Å². The summed E-state index contributed by atoms with van der Waals surface area (Å²) in [6.45, 7) is 11.9. The second-order valence-electron chi connectivity index (χ2n) is 7.11. The molecule has 0 bridgehead atoms. The number of likely N-dealkylation sites (tertiary alicyclic amines) is 1. The van der Waals surface area contributed by atoms with Crippen molar-refractivity contribution in [2.45, 2.75) is 64.3 Å². The van der Waals surface area contributed by atoms with Crippen LogP contribution in [0.1, 0.15) is 58.8 Å². The Morgan fingerprint density at radius 1 is 1.25 bits per heavy atom. The fourth-order valence-corrected chi connectivity index (χ4v) is 4.46. The molecule has 20 heavy (non-hydrogen) atoms. The van der Waals surface area contributed by atoms with Crippen LogP contribution in [0.25, 0.3) is 0 Å². The van der Waals surface area contributed by atoms with Crippen molar-refractivity contribution >= 4 is 0 Å². The number of rotatable bonds is 7. The molecule has 2 rings (SSSR count). The third-order valence-electron chi connectivity index (χ3n) is 5.60. The van der Waals surface area contributed by atoms with Gasteiger partial charge in [-0.2, -0.15) is 0 Å². The van der Waals surface area contributed by atoms with E-state index >= 15 is 0 Å². The predicted molar refractivity (Wildman–Crippen MR) is 87.0 cm³/mol. The van der Waals surface area contributed by atoms with E-state index in [-0.39, 0.29) is 0 Å². The van der Waals surface area contributed by atoms with Gasteiger partial charge in [0.1, 0.15) is 0 Å². The first-order chi connectivity index (χ1) is 9.70. The summed E-state index contributed by atoms with van der Waals surface area (Å²) >= 11 is 0. The van der Waals surface area contributed by atoms with E-state index in [9.17, 15) is 0 Å². The van der Waals surface area contributed by atoms with Gasteiger partial charge in [-0.15, -0.1) is 0 Å². The lowest BCUT2D eigenvalue weighted by molar-refractivity contribution is 0.0405. The van der Waals surface area contributed by atoms with Crippen molar-refractivity contribution in [3.63, 3.8) is 0 Å². The van der Waals surface area contributed by atoms with Crippen molar-refractivity contribution in [2.24, 2.45) is 11.7 Å². The standard InChI is InChI=1S/C17H35N3/c1-3-20(13-7-12-19-10-4-5-11-19)17(15-18)9-6-8-16(2)14-17/h16H,3-15,18H2,1-2H3. The van der Waals surface area contributed by atoms with E-state index in [0.717, 1.165) is 19.0 Å². The smallest absolute Gasteiger partial charge is 0.0334 e. The normalized spacial score (nSPS) is 32.1. The molecule has 0 aromatic rings. The van der Waals surface area contributed by atoms with Gasteiger partial charge in [0.2, 0.25) is 0 Å². The van der Waals surface area contributed by atoms with Gasteiger partial charge in [-0.05, 0) is 70.7 Å². The quantitative estimate of drug-likeness (QED) is 0.779. The van der Waals surface area contributed by atoms with Crippen LogP contribution in [-0.2, 0) is 0 Å². The topological polar surface area (TPSA) is 32.5 Å². The Kier molecular flexibility index (Phi) is 6.31. The molecule has 2 aliphatic rings. The van der Waals surface area contributed by atoms with Crippen LogP contribution in [0.2, 0.25) is 0 Å². The van der Waals surface area contributed by atoms with Gasteiger partial charge in [0, 0.05) is 12.1 Å². The number of likely N-dealkylation sites (N-methyl/N-ethyl adjacent to an activating group) is 1. The molecule has 3 heteroatoms. The van der Waals surface area contributed by atoms with Crippen molar-refractivity contribution in [1.29, 1.82) is 0 Å². The van der Waals surface area contributed by atoms with Crippen molar-refractivity contribution < 1.29 is 0 Å². The van der Waals surface area contributed by atoms with Crippen molar-refractivity contribution in [1.82, 2.24) is 9.80 Å². The first kappa shape index (κ1) is 16.3. The maximum absolute atomic E-state index is 6.22. The lowest BCUT2D eigenvalue weighted by atomic mass is 9.75. The van der Waals surface area contributed by atoms with Crippen molar-refractivity contribution in [2.75, 3.05) is 39.3 Å². The monoisotopic (exact) mass is 281 g/mol. The molecule has 0 radical (unpaired) electrons. The summed E-state index contributed by atoms with van der Waals surface area (Å²) in [5, 5.41) is 0. The average Bonchev–Trinajstić information content (AvgIpc) is 2.96. The van der Waals surface area contributed by atoms with Gasteiger partial charge in [0.15, 0.2) is 0 Å². The molecule has 1 saturated heterocycles. The van der Waals surface area contributed by atoms with E-state index in [1.54, 1.807) is 0 Å². The van der Waals surface area contributed by atoms with Gasteiger partial charge < -0.3 is 10.6 Å². The third kappa shape index (κ3) is 3.96. The number of nitrogens with two attached hydrogens (primary N) is 1. The van der Waals surface area contributed by atoms with Crippen LogP contribution in [0, 0.1) is 5.92 Å². The van der Waals surface area contributed by atoms with Gasteiger partial charge in [0.25, 0.3) is 0 Å². The maximum atomic E-state index is 6.22. The summed E-state index contributed by atoms with van der Waals surface area (Å²) in [6, 6.07) is 0. The van der Waals surface area contributed by atoms with Gasteiger partial charge in [-0.25, -0.2) is 0 Å². The Hall–Kier alpha value is -0.120. The molecule has 1 heterocycles. The van der Waals surface area contributed by atoms with Crippen LogP contribution < -0.4 is 5.73 Å². The fraction of sp³-hybridized carbons (Fsp3) is 1.00. The van der Waals surface area contributed by atoms with Crippen LogP contribution in [0.3, 0.4) is 0 Å². The minimum Gasteiger partial charge on any atom is -0.329 e. The first-order valence-electron chi connectivity index (χ1n) is 8.87.